The fourth-order valence-electron chi connectivity index (χ4n) is 3.65. The SMILES string of the molecule is CC(C)C[C@H](NC(c1ccc(C(=O)CN2CCCC2)cc1)C(F)(F)F)C(=O)NCC#N. The molecule has 2 rings (SSSR count). The summed E-state index contributed by atoms with van der Waals surface area (Å²) in [4.78, 5) is 26.7. The number of Topliss-reactive ketones (excluding diaryl/α,β-unsaturated/α-hetero) is 1. The lowest BCUT2D eigenvalue weighted by atomic mass is 9.98. The summed E-state index contributed by atoms with van der Waals surface area (Å²) in [5, 5.41) is 13.4. The third-order valence-corrected chi connectivity index (χ3v) is 5.19. The summed E-state index contributed by atoms with van der Waals surface area (Å²) in [6, 6.07) is 3.92. The van der Waals surface area contributed by atoms with E-state index in [9.17, 15) is 22.8 Å². The molecule has 0 bridgehead atoms. The third-order valence-electron chi connectivity index (χ3n) is 5.19. The van der Waals surface area contributed by atoms with E-state index in [0.29, 0.717) is 5.56 Å². The minimum Gasteiger partial charge on any atom is -0.342 e. The van der Waals surface area contributed by atoms with Gasteiger partial charge in [0.2, 0.25) is 5.91 Å². The van der Waals surface area contributed by atoms with Gasteiger partial charge in [0.1, 0.15) is 12.6 Å². The zero-order valence-corrected chi connectivity index (χ0v) is 17.8. The number of carbonyl (C=O) groups excluding carboxylic acids is 2. The van der Waals surface area contributed by atoms with Gasteiger partial charge in [-0.2, -0.15) is 18.4 Å². The molecule has 0 saturated carbocycles. The van der Waals surface area contributed by atoms with Crippen LogP contribution in [0.5, 0.6) is 0 Å². The molecule has 31 heavy (non-hydrogen) atoms. The average molecular weight is 438 g/mol. The maximum Gasteiger partial charge on any atom is 0.407 e. The van der Waals surface area contributed by atoms with E-state index >= 15 is 0 Å². The number of carbonyl (C=O) groups is 2. The summed E-state index contributed by atoms with van der Waals surface area (Å²) in [5.41, 5.74) is 0.286. The predicted molar refractivity (Wildman–Crippen MR) is 110 cm³/mol. The van der Waals surface area contributed by atoms with Crippen molar-refractivity contribution < 1.29 is 22.8 Å². The lowest BCUT2D eigenvalue weighted by molar-refractivity contribution is -0.161. The zero-order valence-electron chi connectivity index (χ0n) is 17.8. The van der Waals surface area contributed by atoms with Crippen molar-refractivity contribution in [3.05, 3.63) is 35.4 Å². The van der Waals surface area contributed by atoms with Crippen molar-refractivity contribution in [2.45, 2.75) is 51.4 Å². The van der Waals surface area contributed by atoms with Crippen LogP contribution in [0.15, 0.2) is 24.3 Å². The molecule has 170 valence electrons. The number of amides is 1. The van der Waals surface area contributed by atoms with E-state index in [-0.39, 0.29) is 36.8 Å². The number of hydrogen-bond donors (Lipinski definition) is 2. The van der Waals surface area contributed by atoms with Crippen molar-refractivity contribution in [1.29, 1.82) is 5.26 Å². The van der Waals surface area contributed by atoms with Gasteiger partial charge in [-0.1, -0.05) is 38.1 Å². The van der Waals surface area contributed by atoms with Crippen molar-refractivity contribution in [1.82, 2.24) is 15.5 Å². The standard InChI is InChI=1S/C22H29F3N4O2/c1-15(2)13-18(21(31)27-10-9-26)28-20(22(23,24)25)17-7-5-16(6-8-17)19(30)14-29-11-3-4-12-29/h5-8,15,18,20,28H,3-4,10-14H2,1-2H3,(H,27,31)/t18-,20?/m0/s1. The number of rotatable bonds is 10. The summed E-state index contributed by atoms with van der Waals surface area (Å²) in [6.07, 6.45) is -2.38. The molecule has 1 saturated heterocycles. The van der Waals surface area contributed by atoms with Crippen molar-refractivity contribution in [2.24, 2.45) is 5.92 Å². The van der Waals surface area contributed by atoms with Crippen LogP contribution in [0.2, 0.25) is 0 Å². The van der Waals surface area contributed by atoms with Gasteiger partial charge in [0.25, 0.3) is 0 Å². The number of alkyl halides is 3. The van der Waals surface area contributed by atoms with Crippen molar-refractivity contribution in [3.8, 4) is 6.07 Å². The zero-order chi connectivity index (χ0) is 23.0. The number of halogens is 3. The maximum absolute atomic E-state index is 13.8. The molecule has 1 aliphatic heterocycles. The molecule has 2 N–H and O–H groups in total. The van der Waals surface area contributed by atoms with Gasteiger partial charge in [0.05, 0.1) is 18.7 Å². The van der Waals surface area contributed by atoms with Gasteiger partial charge in [-0.15, -0.1) is 0 Å². The van der Waals surface area contributed by atoms with E-state index < -0.39 is 24.2 Å². The molecule has 2 atom stereocenters. The van der Waals surface area contributed by atoms with Crippen LogP contribution in [0.4, 0.5) is 13.2 Å². The van der Waals surface area contributed by atoms with E-state index in [2.05, 4.69) is 10.6 Å². The topological polar surface area (TPSA) is 85.2 Å². The molecule has 1 aromatic rings. The molecule has 1 unspecified atom stereocenters. The van der Waals surface area contributed by atoms with Crippen LogP contribution < -0.4 is 10.6 Å². The lowest BCUT2D eigenvalue weighted by Gasteiger charge is -2.28. The summed E-state index contributed by atoms with van der Waals surface area (Å²) in [6.45, 7) is 5.30. The molecule has 0 aliphatic carbocycles. The maximum atomic E-state index is 13.8. The van der Waals surface area contributed by atoms with Gasteiger partial charge in [-0.3, -0.25) is 19.8 Å². The van der Waals surface area contributed by atoms with Gasteiger partial charge < -0.3 is 5.32 Å². The highest BCUT2D eigenvalue weighted by Gasteiger charge is 2.43. The predicted octanol–water partition coefficient (Wildman–Crippen LogP) is 3.21. The minimum absolute atomic E-state index is 0.0372. The first-order valence-electron chi connectivity index (χ1n) is 10.4. The Bertz CT molecular complexity index is 781. The lowest BCUT2D eigenvalue weighted by Crippen LogP contribution is -2.49. The summed E-state index contributed by atoms with van der Waals surface area (Å²) < 4.78 is 41.5. The van der Waals surface area contributed by atoms with E-state index in [1.807, 2.05) is 4.90 Å². The number of nitriles is 1. The normalized spacial score (nSPS) is 16.7. The van der Waals surface area contributed by atoms with Crippen molar-refractivity contribution in [3.63, 3.8) is 0 Å². The van der Waals surface area contributed by atoms with Gasteiger partial charge >= 0.3 is 6.18 Å². The first kappa shape index (κ1) is 24.8. The molecule has 1 amide bonds. The molecule has 0 aromatic heterocycles. The van der Waals surface area contributed by atoms with Gasteiger partial charge in [-0.25, -0.2) is 0 Å². The van der Waals surface area contributed by atoms with Crippen LogP contribution in [0.1, 0.15) is 55.1 Å². The van der Waals surface area contributed by atoms with E-state index in [4.69, 9.17) is 5.26 Å². The van der Waals surface area contributed by atoms with E-state index in [1.54, 1.807) is 19.9 Å². The van der Waals surface area contributed by atoms with Crippen LogP contribution in [0.3, 0.4) is 0 Å². The first-order valence-corrected chi connectivity index (χ1v) is 10.4. The Hall–Kier alpha value is -2.44. The van der Waals surface area contributed by atoms with Gasteiger partial charge in [0.15, 0.2) is 5.78 Å². The monoisotopic (exact) mass is 438 g/mol. The highest BCUT2D eigenvalue weighted by molar-refractivity contribution is 5.97. The molecule has 1 aliphatic rings. The molecule has 1 heterocycles. The molecule has 0 spiro atoms. The van der Waals surface area contributed by atoms with Gasteiger partial charge in [0, 0.05) is 5.56 Å². The quantitative estimate of drug-likeness (QED) is 0.433. The minimum atomic E-state index is -4.65. The van der Waals surface area contributed by atoms with E-state index in [1.165, 1.54) is 24.3 Å². The number of hydrogen-bond acceptors (Lipinski definition) is 5. The fourth-order valence-corrected chi connectivity index (χ4v) is 3.65. The first-order chi connectivity index (χ1) is 14.6. The number of benzene rings is 1. The van der Waals surface area contributed by atoms with Crippen LogP contribution in [-0.4, -0.2) is 55.0 Å². The van der Waals surface area contributed by atoms with Crippen LogP contribution >= 0.6 is 0 Å². The molecule has 6 nitrogen and oxygen atoms in total. The molecular formula is C22H29F3N4O2. The Balaban J connectivity index is 2.17. The third kappa shape index (κ3) is 7.64. The second-order valence-corrected chi connectivity index (χ2v) is 8.23. The number of nitrogens with zero attached hydrogens (tertiary/aromatic N) is 2. The molecule has 1 aromatic carbocycles. The van der Waals surface area contributed by atoms with Crippen LogP contribution in [0, 0.1) is 17.2 Å². The molecule has 1 fully saturated rings. The Labute approximate surface area is 180 Å². The number of likely N-dealkylation sites (tertiary alicyclic amines) is 1. The second kappa shape index (κ2) is 11.3. The van der Waals surface area contributed by atoms with Gasteiger partial charge in [-0.05, 0) is 43.8 Å². The Morgan fingerprint density at radius 3 is 2.29 bits per heavy atom. The molecule has 9 heteroatoms. The highest BCUT2D eigenvalue weighted by Crippen LogP contribution is 2.33. The second-order valence-electron chi connectivity index (χ2n) is 8.23. The van der Waals surface area contributed by atoms with Crippen molar-refractivity contribution in [2.75, 3.05) is 26.2 Å². The smallest absolute Gasteiger partial charge is 0.342 e. The van der Waals surface area contributed by atoms with Crippen LogP contribution in [0.25, 0.3) is 0 Å². The Morgan fingerprint density at radius 2 is 1.77 bits per heavy atom. The summed E-state index contributed by atoms with van der Waals surface area (Å²) >= 11 is 0. The summed E-state index contributed by atoms with van der Waals surface area (Å²) in [5.74, 6) is -0.815. The summed E-state index contributed by atoms with van der Waals surface area (Å²) in [7, 11) is 0. The highest BCUT2D eigenvalue weighted by atomic mass is 19.4. The van der Waals surface area contributed by atoms with Crippen LogP contribution in [-0.2, 0) is 4.79 Å². The average Bonchev–Trinajstić information content (AvgIpc) is 3.21. The number of nitrogens with one attached hydrogen (secondary N) is 2. The van der Waals surface area contributed by atoms with Crippen molar-refractivity contribution >= 4 is 11.7 Å². The molecule has 0 radical (unpaired) electrons. The molecular weight excluding hydrogens is 409 g/mol. The Morgan fingerprint density at radius 1 is 1.16 bits per heavy atom. The number of ketones is 1. The Kier molecular flexibility index (Phi) is 9.01. The van der Waals surface area contributed by atoms with E-state index in [0.717, 1.165) is 25.9 Å². The fraction of sp³-hybridized carbons (Fsp3) is 0.591. The largest absolute Gasteiger partial charge is 0.407 e.